The molecule has 6 heteroatoms. The summed E-state index contributed by atoms with van der Waals surface area (Å²) in [5.74, 6) is 1.26. The van der Waals surface area contributed by atoms with Crippen LogP contribution in [0.15, 0.2) is 24.3 Å². The number of likely N-dealkylation sites (N-methyl/N-ethyl adjacent to an activating group) is 1. The van der Waals surface area contributed by atoms with Gasteiger partial charge in [-0.25, -0.2) is 4.79 Å². The van der Waals surface area contributed by atoms with Gasteiger partial charge in [-0.3, -0.25) is 0 Å². The summed E-state index contributed by atoms with van der Waals surface area (Å²) < 4.78 is 17.2. The van der Waals surface area contributed by atoms with Crippen molar-refractivity contribution in [3.8, 4) is 11.5 Å². The molecular formula is C22H27NO5. The summed E-state index contributed by atoms with van der Waals surface area (Å²) in [6, 6.07) is 4.22. The molecule has 1 aromatic rings. The Morgan fingerprint density at radius 3 is 2.86 bits per heavy atom. The van der Waals surface area contributed by atoms with Crippen molar-refractivity contribution in [2.75, 3.05) is 13.6 Å². The van der Waals surface area contributed by atoms with Crippen molar-refractivity contribution in [3.05, 3.63) is 35.4 Å². The van der Waals surface area contributed by atoms with Crippen LogP contribution in [0.5, 0.6) is 11.5 Å². The lowest BCUT2D eigenvalue weighted by Gasteiger charge is -2.56. The summed E-state index contributed by atoms with van der Waals surface area (Å²) in [5, 5.41) is 10.7. The largest absolute Gasteiger partial charge is 0.514 e. The number of ether oxygens (including phenoxy) is 3. The van der Waals surface area contributed by atoms with E-state index in [9.17, 15) is 9.90 Å². The molecule has 28 heavy (non-hydrogen) atoms. The second-order valence-corrected chi connectivity index (χ2v) is 9.48. The van der Waals surface area contributed by atoms with Gasteiger partial charge in [0.1, 0.15) is 17.8 Å². The lowest BCUT2D eigenvalue weighted by Crippen LogP contribution is -2.64. The van der Waals surface area contributed by atoms with Crippen LogP contribution in [-0.2, 0) is 16.6 Å². The molecule has 0 saturated carbocycles. The molecule has 1 spiro atoms. The van der Waals surface area contributed by atoms with E-state index in [1.54, 1.807) is 26.8 Å². The van der Waals surface area contributed by atoms with Crippen molar-refractivity contribution in [2.45, 2.75) is 62.9 Å². The van der Waals surface area contributed by atoms with Crippen LogP contribution < -0.4 is 9.47 Å². The van der Waals surface area contributed by atoms with Crippen LogP contribution in [0.4, 0.5) is 4.79 Å². The van der Waals surface area contributed by atoms with E-state index in [1.165, 1.54) is 5.56 Å². The predicted molar refractivity (Wildman–Crippen MR) is 103 cm³/mol. The Morgan fingerprint density at radius 2 is 2.11 bits per heavy atom. The van der Waals surface area contributed by atoms with E-state index in [-0.39, 0.29) is 17.4 Å². The first kappa shape index (κ1) is 18.0. The van der Waals surface area contributed by atoms with E-state index >= 15 is 0 Å². The topological polar surface area (TPSA) is 68.2 Å². The minimum Gasteiger partial charge on any atom is -0.482 e. The van der Waals surface area contributed by atoms with Gasteiger partial charge in [0.05, 0.1) is 0 Å². The third-order valence-electron chi connectivity index (χ3n) is 6.72. The van der Waals surface area contributed by atoms with Crippen molar-refractivity contribution < 1.29 is 24.1 Å². The molecule has 0 aromatic heterocycles. The maximum Gasteiger partial charge on any atom is 0.514 e. The number of aliphatic hydroxyl groups is 1. The van der Waals surface area contributed by atoms with Crippen molar-refractivity contribution in [2.24, 2.45) is 5.92 Å². The summed E-state index contributed by atoms with van der Waals surface area (Å²) in [6.07, 6.45) is 4.10. The van der Waals surface area contributed by atoms with Crippen LogP contribution in [0.25, 0.3) is 0 Å². The first-order chi connectivity index (χ1) is 13.2. The first-order valence-electron chi connectivity index (χ1n) is 10.0. The van der Waals surface area contributed by atoms with Gasteiger partial charge >= 0.3 is 6.16 Å². The molecule has 2 heterocycles. The van der Waals surface area contributed by atoms with Crippen LogP contribution in [0.2, 0.25) is 0 Å². The average molecular weight is 385 g/mol. The highest BCUT2D eigenvalue weighted by molar-refractivity contribution is 5.69. The predicted octanol–water partition coefficient (Wildman–Crippen LogP) is 2.81. The van der Waals surface area contributed by atoms with Gasteiger partial charge in [0.15, 0.2) is 11.5 Å². The van der Waals surface area contributed by atoms with Gasteiger partial charge in [-0.05, 0) is 58.8 Å². The van der Waals surface area contributed by atoms with Gasteiger partial charge in [0.2, 0.25) is 0 Å². The molecule has 6 nitrogen and oxygen atoms in total. The van der Waals surface area contributed by atoms with E-state index in [0.29, 0.717) is 17.5 Å². The molecule has 4 aliphatic rings. The van der Waals surface area contributed by atoms with E-state index < -0.39 is 17.9 Å². The normalized spacial score (nSPS) is 35.2. The highest BCUT2D eigenvalue weighted by atomic mass is 16.7. The summed E-state index contributed by atoms with van der Waals surface area (Å²) in [4.78, 5) is 14.7. The molecule has 2 bridgehead atoms. The van der Waals surface area contributed by atoms with Crippen LogP contribution >= 0.6 is 0 Å². The monoisotopic (exact) mass is 385 g/mol. The minimum absolute atomic E-state index is 0.262. The zero-order valence-electron chi connectivity index (χ0n) is 16.8. The second kappa shape index (κ2) is 5.74. The molecular weight excluding hydrogens is 358 g/mol. The van der Waals surface area contributed by atoms with Gasteiger partial charge in [-0.2, -0.15) is 0 Å². The Labute approximate surface area is 165 Å². The Balaban J connectivity index is 1.60. The number of carbonyl (C=O) groups is 1. The summed E-state index contributed by atoms with van der Waals surface area (Å²) >= 11 is 0. The number of piperidine rings is 1. The zero-order chi connectivity index (χ0) is 19.8. The second-order valence-electron chi connectivity index (χ2n) is 9.48. The molecule has 1 saturated heterocycles. The molecule has 1 fully saturated rings. The highest BCUT2D eigenvalue weighted by Crippen LogP contribution is 2.62. The third-order valence-corrected chi connectivity index (χ3v) is 6.72. The Morgan fingerprint density at radius 1 is 1.32 bits per heavy atom. The van der Waals surface area contributed by atoms with E-state index in [1.807, 2.05) is 12.1 Å². The number of benzene rings is 1. The van der Waals surface area contributed by atoms with E-state index in [2.05, 4.69) is 18.0 Å². The molecule has 2 aliphatic heterocycles. The fraction of sp³-hybridized carbons (Fsp3) is 0.591. The van der Waals surface area contributed by atoms with Gasteiger partial charge < -0.3 is 24.2 Å². The lowest BCUT2D eigenvalue weighted by atomic mass is 9.53. The van der Waals surface area contributed by atoms with Crippen LogP contribution in [0.1, 0.15) is 38.3 Å². The molecule has 0 amide bonds. The van der Waals surface area contributed by atoms with E-state index in [0.717, 1.165) is 24.9 Å². The maximum atomic E-state index is 12.3. The van der Waals surface area contributed by atoms with Crippen molar-refractivity contribution in [1.29, 1.82) is 0 Å². The number of rotatable bonds is 1. The number of likely N-dealkylation sites (tertiary alicyclic amines) is 1. The van der Waals surface area contributed by atoms with Crippen LogP contribution in [0, 0.1) is 5.92 Å². The Bertz CT molecular complexity index is 872. The number of carbonyl (C=O) groups excluding carboxylic acids is 1. The van der Waals surface area contributed by atoms with Crippen LogP contribution in [-0.4, -0.2) is 53.6 Å². The molecule has 1 aromatic carbocycles. The molecule has 5 atom stereocenters. The summed E-state index contributed by atoms with van der Waals surface area (Å²) in [6.45, 7) is 6.36. The van der Waals surface area contributed by atoms with Crippen molar-refractivity contribution in [1.82, 2.24) is 4.90 Å². The first-order valence-corrected chi connectivity index (χ1v) is 10.0. The smallest absolute Gasteiger partial charge is 0.482 e. The fourth-order valence-corrected chi connectivity index (χ4v) is 5.67. The van der Waals surface area contributed by atoms with Crippen molar-refractivity contribution >= 4 is 6.16 Å². The molecule has 2 aliphatic carbocycles. The Hall–Kier alpha value is -2.05. The SMILES string of the molecule is CN1CC[C@]23c4c5ccc(OC(=O)OC(C)(C)C)c4O[C@H]2[C@@H](O)C=CC3C1C5. The standard InChI is InChI=1S/C22H27NO5/c1-21(2,3)28-20(25)26-16-8-5-12-11-14-13-6-7-15(24)19-22(13,9-10-23(14)4)17(12)18(16)27-19/h5-8,13-15,19,24H,9-11H2,1-4H3/t13?,14?,15-,19-,22-/m0/s1. The van der Waals surface area contributed by atoms with Gasteiger partial charge in [-0.1, -0.05) is 18.2 Å². The number of nitrogens with zero attached hydrogens (tertiary/aromatic N) is 1. The average Bonchev–Trinajstić information content (AvgIpc) is 2.95. The highest BCUT2D eigenvalue weighted by Gasteiger charge is 2.64. The molecule has 1 N–H and O–H groups in total. The molecule has 0 radical (unpaired) electrons. The number of hydrogen-bond donors (Lipinski definition) is 1. The van der Waals surface area contributed by atoms with Gasteiger partial charge in [0, 0.05) is 22.9 Å². The lowest BCUT2D eigenvalue weighted by molar-refractivity contribution is -0.0454. The van der Waals surface area contributed by atoms with Gasteiger partial charge in [-0.15, -0.1) is 0 Å². The maximum absolute atomic E-state index is 12.3. The summed E-state index contributed by atoms with van der Waals surface area (Å²) in [7, 11) is 2.17. The summed E-state index contributed by atoms with van der Waals surface area (Å²) in [5.41, 5.74) is 1.45. The molecule has 5 rings (SSSR count). The third kappa shape index (κ3) is 2.37. The number of aliphatic hydroxyl groups excluding tert-OH is 1. The van der Waals surface area contributed by atoms with Gasteiger partial charge in [0.25, 0.3) is 0 Å². The number of hydrogen-bond acceptors (Lipinski definition) is 6. The quantitative estimate of drug-likeness (QED) is 0.456. The Kier molecular flexibility index (Phi) is 3.69. The molecule has 150 valence electrons. The minimum atomic E-state index is -0.744. The van der Waals surface area contributed by atoms with E-state index in [4.69, 9.17) is 14.2 Å². The van der Waals surface area contributed by atoms with Crippen LogP contribution in [0.3, 0.4) is 0 Å². The fourth-order valence-electron chi connectivity index (χ4n) is 5.67. The molecule has 2 unspecified atom stereocenters. The zero-order valence-corrected chi connectivity index (χ0v) is 16.8. The van der Waals surface area contributed by atoms with Crippen molar-refractivity contribution in [3.63, 3.8) is 0 Å².